The fraction of sp³-hybridized carbons (Fsp3) is 0.417. The molecule has 17 heavy (non-hydrogen) atoms. The molecule has 0 aliphatic rings. The minimum atomic E-state index is -0.960. The lowest BCUT2D eigenvalue weighted by atomic mass is 10.0. The first-order valence-corrected chi connectivity index (χ1v) is 5.33. The van der Waals surface area contributed by atoms with E-state index in [1.54, 1.807) is 0 Å². The number of carbonyl (C=O) groups excluding carboxylic acids is 1. The van der Waals surface area contributed by atoms with Crippen molar-refractivity contribution >= 4 is 5.78 Å². The van der Waals surface area contributed by atoms with Crippen molar-refractivity contribution in [2.75, 3.05) is 0 Å². The zero-order chi connectivity index (χ0) is 13.0. The normalized spacial score (nSPS) is 14.3. The van der Waals surface area contributed by atoms with Crippen LogP contribution in [0.15, 0.2) is 18.2 Å². The first kappa shape index (κ1) is 13.5. The van der Waals surface area contributed by atoms with Gasteiger partial charge in [0.25, 0.3) is 0 Å². The first-order valence-electron chi connectivity index (χ1n) is 5.33. The fourth-order valence-electron chi connectivity index (χ4n) is 1.41. The maximum atomic E-state index is 11.7. The number of aliphatic hydroxyl groups is 2. The van der Waals surface area contributed by atoms with Gasteiger partial charge in [0, 0.05) is 12.5 Å². The molecule has 0 aliphatic heterocycles. The van der Waals surface area contributed by atoms with E-state index in [0.717, 1.165) is 6.07 Å². The molecule has 0 radical (unpaired) electrons. The molecule has 0 bridgehead atoms. The average Bonchev–Trinajstić information content (AvgIpc) is 2.25. The Morgan fingerprint density at radius 2 is 1.94 bits per heavy atom. The van der Waals surface area contributed by atoms with E-state index < -0.39 is 12.2 Å². The maximum absolute atomic E-state index is 11.7. The summed E-state index contributed by atoms with van der Waals surface area (Å²) in [5.74, 6) is -0.758. The second-order valence-electron chi connectivity index (χ2n) is 3.97. The molecule has 0 heterocycles. The fourth-order valence-corrected chi connectivity index (χ4v) is 1.41. The lowest BCUT2D eigenvalue weighted by molar-refractivity contribution is 0.0251. The van der Waals surface area contributed by atoms with Crippen molar-refractivity contribution in [3.8, 4) is 11.5 Å². The second-order valence-corrected chi connectivity index (χ2v) is 3.97. The third-order valence-corrected chi connectivity index (χ3v) is 2.51. The van der Waals surface area contributed by atoms with E-state index in [1.807, 2.05) is 0 Å². The molecule has 1 aromatic rings. The SMILES string of the molecule is C[C@H](O)[C@H](O)CCC(=O)c1ccc(O)cc1O. The summed E-state index contributed by atoms with van der Waals surface area (Å²) in [6.45, 7) is 1.44. The van der Waals surface area contributed by atoms with Crippen LogP contribution in [0.1, 0.15) is 30.1 Å². The molecule has 0 amide bonds. The van der Waals surface area contributed by atoms with Crippen LogP contribution in [0.4, 0.5) is 0 Å². The predicted molar refractivity (Wildman–Crippen MR) is 61.0 cm³/mol. The Bertz CT molecular complexity index is 400. The Balaban J connectivity index is 2.64. The Morgan fingerprint density at radius 1 is 1.29 bits per heavy atom. The number of benzene rings is 1. The number of aromatic hydroxyl groups is 2. The van der Waals surface area contributed by atoms with Crippen molar-refractivity contribution in [2.24, 2.45) is 0 Å². The molecular formula is C12H16O5. The molecule has 2 atom stereocenters. The van der Waals surface area contributed by atoms with E-state index in [-0.39, 0.29) is 35.7 Å². The van der Waals surface area contributed by atoms with Gasteiger partial charge in [-0.3, -0.25) is 4.79 Å². The van der Waals surface area contributed by atoms with Crippen LogP contribution in [0.3, 0.4) is 0 Å². The van der Waals surface area contributed by atoms with Gasteiger partial charge in [-0.2, -0.15) is 0 Å². The Labute approximate surface area is 99.0 Å². The van der Waals surface area contributed by atoms with Crippen LogP contribution in [-0.2, 0) is 0 Å². The van der Waals surface area contributed by atoms with E-state index in [4.69, 9.17) is 10.2 Å². The summed E-state index contributed by atoms with van der Waals surface area (Å²) in [5, 5.41) is 36.9. The molecule has 0 saturated heterocycles. The molecule has 94 valence electrons. The molecular weight excluding hydrogens is 224 g/mol. The summed E-state index contributed by atoms with van der Waals surface area (Å²) in [6, 6.07) is 3.71. The number of hydrogen-bond donors (Lipinski definition) is 4. The van der Waals surface area contributed by atoms with Gasteiger partial charge in [-0.1, -0.05) is 0 Å². The van der Waals surface area contributed by atoms with Gasteiger partial charge in [-0.15, -0.1) is 0 Å². The zero-order valence-electron chi connectivity index (χ0n) is 9.50. The van der Waals surface area contributed by atoms with Gasteiger partial charge in [-0.05, 0) is 25.5 Å². The van der Waals surface area contributed by atoms with Crippen molar-refractivity contribution < 1.29 is 25.2 Å². The third-order valence-electron chi connectivity index (χ3n) is 2.51. The van der Waals surface area contributed by atoms with Gasteiger partial charge in [-0.25, -0.2) is 0 Å². The Morgan fingerprint density at radius 3 is 2.47 bits per heavy atom. The van der Waals surface area contributed by atoms with Crippen molar-refractivity contribution in [1.82, 2.24) is 0 Å². The number of carbonyl (C=O) groups is 1. The smallest absolute Gasteiger partial charge is 0.166 e. The molecule has 0 saturated carbocycles. The highest BCUT2D eigenvalue weighted by atomic mass is 16.3. The van der Waals surface area contributed by atoms with Gasteiger partial charge < -0.3 is 20.4 Å². The van der Waals surface area contributed by atoms with Gasteiger partial charge in [0.2, 0.25) is 0 Å². The first-order chi connectivity index (χ1) is 7.91. The monoisotopic (exact) mass is 240 g/mol. The molecule has 5 heteroatoms. The summed E-state index contributed by atoms with van der Waals surface area (Å²) >= 11 is 0. The quantitative estimate of drug-likeness (QED) is 0.571. The Kier molecular flexibility index (Phi) is 4.48. The highest BCUT2D eigenvalue weighted by Gasteiger charge is 2.16. The van der Waals surface area contributed by atoms with Crippen LogP contribution in [0.5, 0.6) is 11.5 Å². The number of ketones is 1. The Hall–Kier alpha value is -1.59. The topological polar surface area (TPSA) is 98.0 Å². The largest absolute Gasteiger partial charge is 0.508 e. The molecule has 0 aliphatic carbocycles. The predicted octanol–water partition coefficient (Wildman–Crippen LogP) is 0.802. The van der Waals surface area contributed by atoms with Crippen LogP contribution in [0.25, 0.3) is 0 Å². The van der Waals surface area contributed by atoms with Gasteiger partial charge in [0.05, 0.1) is 17.8 Å². The zero-order valence-corrected chi connectivity index (χ0v) is 9.50. The van der Waals surface area contributed by atoms with Crippen molar-refractivity contribution in [2.45, 2.75) is 32.0 Å². The van der Waals surface area contributed by atoms with Crippen LogP contribution in [0.2, 0.25) is 0 Å². The average molecular weight is 240 g/mol. The molecule has 0 aromatic heterocycles. The standard InChI is InChI=1S/C12H16O5/c1-7(13)10(15)4-5-11(16)9-3-2-8(14)6-12(9)17/h2-3,6-7,10,13-15,17H,4-5H2,1H3/t7-,10+/m0/s1. The van der Waals surface area contributed by atoms with Gasteiger partial charge in [0.15, 0.2) is 5.78 Å². The van der Waals surface area contributed by atoms with Crippen LogP contribution >= 0.6 is 0 Å². The summed E-state index contributed by atoms with van der Waals surface area (Å²) in [7, 11) is 0. The highest BCUT2D eigenvalue weighted by molar-refractivity contribution is 5.98. The summed E-state index contributed by atoms with van der Waals surface area (Å²) in [6.07, 6.45) is -1.71. The number of Topliss-reactive ketones (excluding diaryl/α,β-unsaturated/α-hetero) is 1. The molecule has 0 fully saturated rings. The number of phenolic OH excluding ortho intramolecular Hbond substituents is 2. The number of aliphatic hydroxyl groups excluding tert-OH is 2. The molecule has 1 rings (SSSR count). The van der Waals surface area contributed by atoms with E-state index in [2.05, 4.69) is 0 Å². The number of rotatable bonds is 5. The van der Waals surface area contributed by atoms with E-state index in [1.165, 1.54) is 19.1 Å². The van der Waals surface area contributed by atoms with Crippen molar-refractivity contribution in [3.63, 3.8) is 0 Å². The van der Waals surface area contributed by atoms with Crippen LogP contribution in [-0.4, -0.2) is 38.4 Å². The maximum Gasteiger partial charge on any atom is 0.166 e. The molecule has 1 aromatic carbocycles. The minimum Gasteiger partial charge on any atom is -0.508 e. The number of phenols is 2. The summed E-state index contributed by atoms with van der Waals surface area (Å²) in [4.78, 5) is 11.7. The molecule has 5 nitrogen and oxygen atoms in total. The van der Waals surface area contributed by atoms with Gasteiger partial charge >= 0.3 is 0 Å². The minimum absolute atomic E-state index is 0.0183. The molecule has 0 spiro atoms. The van der Waals surface area contributed by atoms with Crippen LogP contribution < -0.4 is 0 Å². The van der Waals surface area contributed by atoms with Crippen molar-refractivity contribution in [3.05, 3.63) is 23.8 Å². The van der Waals surface area contributed by atoms with Gasteiger partial charge in [0.1, 0.15) is 11.5 Å². The second kappa shape index (κ2) is 5.65. The van der Waals surface area contributed by atoms with E-state index >= 15 is 0 Å². The highest BCUT2D eigenvalue weighted by Crippen LogP contribution is 2.24. The summed E-state index contributed by atoms with van der Waals surface area (Å²) in [5.41, 5.74) is 0.0978. The number of hydrogen-bond acceptors (Lipinski definition) is 5. The summed E-state index contributed by atoms with van der Waals surface area (Å²) < 4.78 is 0. The lowest BCUT2D eigenvalue weighted by Gasteiger charge is -2.12. The van der Waals surface area contributed by atoms with Crippen molar-refractivity contribution in [1.29, 1.82) is 0 Å². The third kappa shape index (κ3) is 3.72. The molecule has 0 unspecified atom stereocenters. The van der Waals surface area contributed by atoms with Crippen LogP contribution in [0, 0.1) is 0 Å². The lowest BCUT2D eigenvalue weighted by Crippen LogP contribution is -2.23. The van der Waals surface area contributed by atoms with E-state index in [0.29, 0.717) is 0 Å². The van der Waals surface area contributed by atoms with E-state index in [9.17, 15) is 15.0 Å². The molecule has 4 N–H and O–H groups in total.